The van der Waals surface area contributed by atoms with Crippen molar-refractivity contribution in [2.45, 2.75) is 24.4 Å². The second-order valence-corrected chi connectivity index (χ2v) is 17.3. The van der Waals surface area contributed by atoms with Gasteiger partial charge in [0.05, 0.1) is 52.9 Å². The maximum atomic E-state index is 11.8. The zero-order valence-electron chi connectivity index (χ0n) is 42.8. The van der Waals surface area contributed by atoms with E-state index in [1.165, 1.54) is 40.3 Å². The highest BCUT2D eigenvalue weighted by Gasteiger charge is 2.37. The van der Waals surface area contributed by atoms with Gasteiger partial charge in [-0.05, 0) is 61.2 Å². The molecule has 0 radical (unpaired) electrons. The lowest BCUT2D eigenvalue weighted by Crippen LogP contribution is -2.34. The molecule has 0 spiro atoms. The molecular formula is C62H68N2O12. The summed E-state index contributed by atoms with van der Waals surface area (Å²) in [7, 11) is 0. The van der Waals surface area contributed by atoms with E-state index >= 15 is 0 Å². The van der Waals surface area contributed by atoms with Gasteiger partial charge in [0, 0.05) is 31.8 Å². The standard InChI is InChI=1S/C23H25NO2.C19H19NO5.C16H14O2.C4H10O3/c24-16-17-25-18-19-26-23(20-10-4-1-5-11-20,21-12-6-2-7-13-21)22-14-8-3-9-15-22;21-18(22)12-24-10-9-20-19(23)25-11-17-15-7-3-1-5-13(15)14-6-2-4-8-16(14)17;1-11(17)18-10-16-14-8-4-2-6-12(14)13-7-3-5-9-15(13)16;5-1-3-7-4-2-6/h1-15H,16-19,24H2;1-8,17H,9-12H2,(H,20,23)(H,21,22);2-9,16H,10H2,1H3;5-6H,1-4H2. The second-order valence-electron chi connectivity index (χ2n) is 17.3. The molecule has 0 atom stereocenters. The molecule has 14 nitrogen and oxygen atoms in total. The van der Waals surface area contributed by atoms with Crippen LogP contribution >= 0.6 is 0 Å². The van der Waals surface area contributed by atoms with Crippen LogP contribution in [0.3, 0.4) is 0 Å². The number of carbonyl (C=O) groups is 3. The third-order valence-electron chi connectivity index (χ3n) is 12.3. The summed E-state index contributed by atoms with van der Waals surface area (Å²) < 4.78 is 32.1. The molecule has 7 aromatic carbocycles. The number of carbonyl (C=O) groups excluding carboxylic acids is 2. The number of aliphatic hydroxyl groups is 2. The van der Waals surface area contributed by atoms with Crippen molar-refractivity contribution in [2.75, 3.05) is 85.8 Å². The molecule has 0 bridgehead atoms. The van der Waals surface area contributed by atoms with E-state index in [0.29, 0.717) is 46.2 Å². The van der Waals surface area contributed by atoms with Gasteiger partial charge >= 0.3 is 18.0 Å². The summed E-state index contributed by atoms with van der Waals surface area (Å²) in [5.74, 6) is -1.08. The number of esters is 1. The minimum Gasteiger partial charge on any atom is -0.480 e. The molecule has 0 fully saturated rings. The van der Waals surface area contributed by atoms with Gasteiger partial charge in [0.25, 0.3) is 0 Å². The zero-order valence-corrected chi connectivity index (χ0v) is 42.8. The Hall–Kier alpha value is -7.53. The molecule has 398 valence electrons. The Morgan fingerprint density at radius 3 is 1.25 bits per heavy atom. The Bertz CT molecular complexity index is 2640. The van der Waals surface area contributed by atoms with Crippen molar-refractivity contribution in [1.29, 1.82) is 0 Å². The number of nitrogens with one attached hydrogen (secondary N) is 1. The minimum absolute atomic E-state index is 0.0152. The van der Waals surface area contributed by atoms with Crippen LogP contribution in [0, 0.1) is 0 Å². The van der Waals surface area contributed by atoms with Crippen molar-refractivity contribution < 1.29 is 58.1 Å². The summed E-state index contributed by atoms with van der Waals surface area (Å²) in [4.78, 5) is 33.1. The molecule has 0 aliphatic heterocycles. The summed E-state index contributed by atoms with van der Waals surface area (Å²) in [6, 6.07) is 63.9. The van der Waals surface area contributed by atoms with Crippen LogP contribution < -0.4 is 11.1 Å². The first-order valence-electron chi connectivity index (χ1n) is 25.3. The van der Waals surface area contributed by atoms with Crippen molar-refractivity contribution in [3.63, 3.8) is 0 Å². The predicted molar refractivity (Wildman–Crippen MR) is 292 cm³/mol. The topological polar surface area (TPSA) is 205 Å². The number of alkyl carbamates (subject to hydrolysis) is 1. The summed E-state index contributed by atoms with van der Waals surface area (Å²) >= 11 is 0. The fourth-order valence-corrected chi connectivity index (χ4v) is 9.11. The molecule has 9 rings (SSSR count). The van der Waals surface area contributed by atoms with Gasteiger partial charge in [-0.15, -0.1) is 0 Å². The molecule has 1 amide bonds. The fraction of sp³-hybridized carbons (Fsp3) is 0.274. The quantitative estimate of drug-likeness (QED) is 0.0245. The first-order chi connectivity index (χ1) is 37.2. The van der Waals surface area contributed by atoms with Crippen LogP contribution in [0.4, 0.5) is 4.79 Å². The minimum atomic E-state index is -1.04. The van der Waals surface area contributed by atoms with Crippen LogP contribution in [0.5, 0.6) is 0 Å². The number of aliphatic carboxylic acids is 1. The van der Waals surface area contributed by atoms with E-state index in [9.17, 15) is 14.4 Å². The lowest BCUT2D eigenvalue weighted by molar-refractivity contribution is -0.142. The number of benzene rings is 7. The molecule has 0 unspecified atom stereocenters. The van der Waals surface area contributed by atoms with Gasteiger partial charge in [-0.2, -0.15) is 0 Å². The number of hydrogen-bond donors (Lipinski definition) is 5. The Labute approximate surface area is 445 Å². The monoisotopic (exact) mass is 1030 g/mol. The molecule has 14 heteroatoms. The highest BCUT2D eigenvalue weighted by atomic mass is 16.6. The molecule has 0 saturated heterocycles. The number of ether oxygens (including phenoxy) is 6. The largest absolute Gasteiger partial charge is 0.480 e. The third-order valence-corrected chi connectivity index (χ3v) is 12.3. The molecular weight excluding hydrogens is 965 g/mol. The normalized spacial score (nSPS) is 11.9. The van der Waals surface area contributed by atoms with E-state index < -0.39 is 17.7 Å². The first kappa shape index (κ1) is 57.7. The van der Waals surface area contributed by atoms with Crippen molar-refractivity contribution in [1.82, 2.24) is 5.32 Å². The van der Waals surface area contributed by atoms with Crippen molar-refractivity contribution >= 4 is 18.0 Å². The number of amides is 1. The van der Waals surface area contributed by atoms with Crippen molar-refractivity contribution in [3.05, 3.63) is 227 Å². The predicted octanol–water partition coefficient (Wildman–Crippen LogP) is 8.95. The average molecular weight is 1030 g/mol. The highest BCUT2D eigenvalue weighted by molar-refractivity contribution is 5.80. The van der Waals surface area contributed by atoms with Crippen molar-refractivity contribution in [3.8, 4) is 22.3 Å². The van der Waals surface area contributed by atoms with Crippen LogP contribution in [0.1, 0.15) is 57.7 Å². The Morgan fingerprint density at radius 2 is 0.868 bits per heavy atom. The van der Waals surface area contributed by atoms with Gasteiger partial charge in [-0.1, -0.05) is 188 Å². The SMILES string of the molecule is CC(=O)OCC1c2ccccc2-c2ccccc21.NCCOCCOC(c1ccccc1)(c1ccccc1)c1ccccc1.O=C(O)COCCNC(=O)OCC1c2ccccc2-c2ccccc21.OCCOCCO. The van der Waals surface area contributed by atoms with Gasteiger partial charge in [-0.25, -0.2) is 9.59 Å². The summed E-state index contributed by atoms with van der Waals surface area (Å²) in [6.07, 6.45) is -0.541. The second kappa shape index (κ2) is 31.4. The Kier molecular flexibility index (Phi) is 23.8. The fourth-order valence-electron chi connectivity index (χ4n) is 9.11. The zero-order chi connectivity index (χ0) is 53.8. The van der Waals surface area contributed by atoms with E-state index in [4.69, 9.17) is 44.7 Å². The smallest absolute Gasteiger partial charge is 0.407 e. The van der Waals surface area contributed by atoms with Gasteiger partial charge < -0.3 is 54.8 Å². The number of hydrogen-bond acceptors (Lipinski definition) is 12. The van der Waals surface area contributed by atoms with Crippen LogP contribution in [0.2, 0.25) is 0 Å². The first-order valence-corrected chi connectivity index (χ1v) is 25.3. The van der Waals surface area contributed by atoms with E-state index in [2.05, 4.69) is 95.0 Å². The highest BCUT2D eigenvalue weighted by Crippen LogP contribution is 2.46. The molecule has 0 aromatic heterocycles. The lowest BCUT2D eigenvalue weighted by Gasteiger charge is -2.36. The average Bonchev–Trinajstić information content (AvgIpc) is 3.98. The summed E-state index contributed by atoms with van der Waals surface area (Å²) in [5.41, 5.74) is 17.8. The van der Waals surface area contributed by atoms with E-state index in [0.717, 1.165) is 27.8 Å². The van der Waals surface area contributed by atoms with Gasteiger partial charge in [0.1, 0.15) is 25.4 Å². The van der Waals surface area contributed by atoms with Crippen LogP contribution in [0.15, 0.2) is 188 Å². The maximum Gasteiger partial charge on any atom is 0.407 e. The van der Waals surface area contributed by atoms with Crippen LogP contribution in [-0.2, 0) is 43.6 Å². The van der Waals surface area contributed by atoms with Gasteiger partial charge in [-0.3, -0.25) is 4.79 Å². The number of rotatable bonds is 22. The number of aliphatic hydroxyl groups excluding tert-OH is 2. The number of carboxylic acid groups (broad SMARTS) is 1. The van der Waals surface area contributed by atoms with Gasteiger partial charge in [0.2, 0.25) is 0 Å². The molecule has 0 saturated carbocycles. The number of carboxylic acids is 1. The number of fused-ring (bicyclic) bond motifs is 6. The van der Waals surface area contributed by atoms with Crippen LogP contribution in [0.25, 0.3) is 22.3 Å². The Morgan fingerprint density at radius 1 is 0.487 bits per heavy atom. The molecule has 6 N–H and O–H groups in total. The van der Waals surface area contributed by atoms with Crippen LogP contribution in [-0.4, -0.2) is 119 Å². The summed E-state index contributed by atoms with van der Waals surface area (Å²) in [5, 5.41) is 27.2. The van der Waals surface area contributed by atoms with E-state index in [1.54, 1.807) is 0 Å². The molecule has 2 aliphatic carbocycles. The summed E-state index contributed by atoms with van der Waals surface area (Å²) in [6.45, 7) is 4.78. The third kappa shape index (κ3) is 16.2. The molecule has 0 heterocycles. The molecule has 2 aliphatic rings. The van der Waals surface area contributed by atoms with E-state index in [-0.39, 0.29) is 57.4 Å². The lowest BCUT2D eigenvalue weighted by atomic mass is 9.80. The van der Waals surface area contributed by atoms with Gasteiger partial charge in [0.15, 0.2) is 0 Å². The maximum absolute atomic E-state index is 11.8. The molecule has 76 heavy (non-hydrogen) atoms. The molecule has 7 aromatic rings. The van der Waals surface area contributed by atoms with E-state index in [1.807, 2.05) is 103 Å². The number of nitrogens with two attached hydrogens (primary N) is 1. The Balaban J connectivity index is 0.000000176. The van der Waals surface area contributed by atoms with Crippen molar-refractivity contribution in [2.24, 2.45) is 5.73 Å².